The fourth-order valence-corrected chi connectivity index (χ4v) is 2.34. The SMILES string of the molecule is CCOc1ccc(C(=O)CCC(=O)NNC(=O)C(C)Oc2ccc(F)cc2)cc1. The first-order chi connectivity index (χ1) is 13.9. The van der Waals surface area contributed by atoms with Crippen LogP contribution in [0.3, 0.4) is 0 Å². The Morgan fingerprint density at radius 3 is 2.17 bits per heavy atom. The molecule has 2 amide bonds. The van der Waals surface area contributed by atoms with E-state index in [-0.39, 0.29) is 18.6 Å². The Morgan fingerprint density at radius 1 is 0.931 bits per heavy atom. The van der Waals surface area contributed by atoms with Crippen molar-refractivity contribution >= 4 is 17.6 Å². The van der Waals surface area contributed by atoms with Crippen molar-refractivity contribution in [3.8, 4) is 11.5 Å². The van der Waals surface area contributed by atoms with Crippen LogP contribution >= 0.6 is 0 Å². The van der Waals surface area contributed by atoms with Crippen molar-refractivity contribution in [1.29, 1.82) is 0 Å². The van der Waals surface area contributed by atoms with Crippen molar-refractivity contribution in [3.63, 3.8) is 0 Å². The summed E-state index contributed by atoms with van der Waals surface area (Å²) in [4.78, 5) is 36.0. The Hall–Kier alpha value is -3.42. The minimum absolute atomic E-state index is 0.00266. The maximum absolute atomic E-state index is 12.9. The molecule has 2 aromatic rings. The summed E-state index contributed by atoms with van der Waals surface area (Å²) in [7, 11) is 0. The number of benzene rings is 2. The molecule has 0 aliphatic carbocycles. The first-order valence-corrected chi connectivity index (χ1v) is 9.16. The second-order valence-electron chi connectivity index (χ2n) is 6.13. The normalized spacial score (nSPS) is 11.3. The van der Waals surface area contributed by atoms with Gasteiger partial charge in [0.25, 0.3) is 5.91 Å². The van der Waals surface area contributed by atoms with E-state index in [0.29, 0.717) is 23.7 Å². The van der Waals surface area contributed by atoms with Gasteiger partial charge in [0, 0.05) is 18.4 Å². The van der Waals surface area contributed by atoms with Gasteiger partial charge in [-0.25, -0.2) is 4.39 Å². The number of hydrogen-bond acceptors (Lipinski definition) is 5. The second kappa shape index (κ2) is 10.8. The van der Waals surface area contributed by atoms with E-state index in [0.717, 1.165) is 0 Å². The molecule has 2 N–H and O–H groups in total. The van der Waals surface area contributed by atoms with Gasteiger partial charge in [-0.2, -0.15) is 0 Å². The van der Waals surface area contributed by atoms with E-state index in [9.17, 15) is 18.8 Å². The highest BCUT2D eigenvalue weighted by molar-refractivity contribution is 5.98. The zero-order valence-electron chi connectivity index (χ0n) is 16.2. The molecule has 0 aromatic heterocycles. The molecule has 8 heteroatoms. The fraction of sp³-hybridized carbons (Fsp3) is 0.286. The van der Waals surface area contributed by atoms with Crippen molar-refractivity contribution in [3.05, 3.63) is 59.9 Å². The number of halogens is 1. The summed E-state index contributed by atoms with van der Waals surface area (Å²) in [6.07, 6.45) is -0.997. The van der Waals surface area contributed by atoms with Crippen LogP contribution in [0.5, 0.6) is 11.5 Å². The molecule has 2 rings (SSSR count). The van der Waals surface area contributed by atoms with Gasteiger partial charge in [0.2, 0.25) is 5.91 Å². The Balaban J connectivity index is 1.72. The molecule has 154 valence electrons. The van der Waals surface area contributed by atoms with Crippen LogP contribution in [-0.4, -0.2) is 30.3 Å². The van der Waals surface area contributed by atoms with Crippen LogP contribution in [0.15, 0.2) is 48.5 Å². The first-order valence-electron chi connectivity index (χ1n) is 9.16. The quantitative estimate of drug-likeness (QED) is 0.497. The minimum atomic E-state index is -0.911. The maximum atomic E-state index is 12.9. The lowest BCUT2D eigenvalue weighted by molar-refractivity contribution is -0.132. The average Bonchev–Trinajstić information content (AvgIpc) is 2.72. The zero-order valence-corrected chi connectivity index (χ0v) is 16.2. The van der Waals surface area contributed by atoms with Crippen LogP contribution in [0.4, 0.5) is 4.39 Å². The number of ketones is 1. The van der Waals surface area contributed by atoms with Crippen LogP contribution in [0, 0.1) is 5.82 Å². The smallest absolute Gasteiger partial charge is 0.279 e. The number of rotatable bonds is 9. The van der Waals surface area contributed by atoms with Gasteiger partial charge in [-0.05, 0) is 62.4 Å². The topological polar surface area (TPSA) is 93.7 Å². The molecular formula is C21H23FN2O5. The molecule has 0 saturated carbocycles. The molecule has 29 heavy (non-hydrogen) atoms. The van der Waals surface area contributed by atoms with Crippen molar-refractivity contribution in [2.24, 2.45) is 0 Å². The fourth-order valence-electron chi connectivity index (χ4n) is 2.34. The highest BCUT2D eigenvalue weighted by Crippen LogP contribution is 2.14. The van der Waals surface area contributed by atoms with E-state index < -0.39 is 23.7 Å². The number of ether oxygens (including phenoxy) is 2. The molecule has 0 saturated heterocycles. The lowest BCUT2D eigenvalue weighted by Gasteiger charge is -2.15. The van der Waals surface area contributed by atoms with Crippen LogP contribution in [0.2, 0.25) is 0 Å². The lowest BCUT2D eigenvalue weighted by Crippen LogP contribution is -2.47. The monoisotopic (exact) mass is 402 g/mol. The molecular weight excluding hydrogens is 379 g/mol. The first kappa shape index (κ1) is 21.9. The molecule has 1 unspecified atom stereocenters. The van der Waals surface area contributed by atoms with E-state index in [1.807, 2.05) is 6.92 Å². The van der Waals surface area contributed by atoms with E-state index >= 15 is 0 Å². The van der Waals surface area contributed by atoms with E-state index in [4.69, 9.17) is 9.47 Å². The summed E-state index contributed by atoms with van der Waals surface area (Å²) >= 11 is 0. The third kappa shape index (κ3) is 7.25. The number of amides is 2. The summed E-state index contributed by atoms with van der Waals surface area (Å²) in [6, 6.07) is 11.9. The molecule has 1 atom stereocenters. The number of hydrazine groups is 1. The third-order valence-corrected chi connectivity index (χ3v) is 3.89. The second-order valence-corrected chi connectivity index (χ2v) is 6.13. The standard InChI is InChI=1S/C21H23FN2O5/c1-3-28-17-8-4-15(5-9-17)19(25)12-13-20(26)23-24-21(27)14(2)29-18-10-6-16(22)7-11-18/h4-11,14H,3,12-13H2,1-2H3,(H,23,26)(H,24,27). The Bertz CT molecular complexity index is 837. The predicted molar refractivity (Wildman–Crippen MR) is 104 cm³/mol. The lowest BCUT2D eigenvalue weighted by atomic mass is 10.1. The number of hydrogen-bond donors (Lipinski definition) is 2. The van der Waals surface area contributed by atoms with E-state index in [2.05, 4.69) is 10.9 Å². The molecule has 0 fully saturated rings. The van der Waals surface area contributed by atoms with Gasteiger partial charge in [-0.15, -0.1) is 0 Å². The van der Waals surface area contributed by atoms with Crippen molar-refractivity contribution in [1.82, 2.24) is 10.9 Å². The molecule has 7 nitrogen and oxygen atoms in total. The van der Waals surface area contributed by atoms with Crippen molar-refractivity contribution in [2.45, 2.75) is 32.8 Å². The maximum Gasteiger partial charge on any atom is 0.279 e. The molecule has 2 aromatic carbocycles. The van der Waals surface area contributed by atoms with Gasteiger partial charge in [0.05, 0.1) is 6.61 Å². The molecule has 0 heterocycles. The molecule has 0 aliphatic rings. The van der Waals surface area contributed by atoms with E-state index in [1.54, 1.807) is 24.3 Å². The summed E-state index contributed by atoms with van der Waals surface area (Å²) in [5.74, 6) is -0.709. The number of carbonyl (C=O) groups excluding carboxylic acids is 3. The van der Waals surface area contributed by atoms with Crippen molar-refractivity contribution in [2.75, 3.05) is 6.61 Å². The number of carbonyl (C=O) groups is 3. The Morgan fingerprint density at radius 2 is 1.55 bits per heavy atom. The highest BCUT2D eigenvalue weighted by Gasteiger charge is 2.16. The molecule has 0 bridgehead atoms. The molecule has 0 aliphatic heterocycles. The van der Waals surface area contributed by atoms with E-state index in [1.165, 1.54) is 31.2 Å². The summed E-state index contributed by atoms with van der Waals surface area (Å²) < 4.78 is 23.5. The molecule has 0 spiro atoms. The number of Topliss-reactive ketones (excluding diaryl/α,β-unsaturated/α-hetero) is 1. The predicted octanol–water partition coefficient (Wildman–Crippen LogP) is 2.80. The van der Waals surface area contributed by atoms with Crippen LogP contribution in [0.25, 0.3) is 0 Å². The third-order valence-electron chi connectivity index (χ3n) is 3.89. The Kier molecular flexibility index (Phi) is 8.14. The minimum Gasteiger partial charge on any atom is -0.494 e. The number of nitrogens with one attached hydrogen (secondary N) is 2. The van der Waals surface area contributed by atoms with Gasteiger partial charge in [0.15, 0.2) is 11.9 Å². The largest absolute Gasteiger partial charge is 0.494 e. The summed E-state index contributed by atoms with van der Waals surface area (Å²) in [5.41, 5.74) is 4.95. The van der Waals surface area contributed by atoms with Gasteiger partial charge in [-0.3, -0.25) is 25.2 Å². The van der Waals surface area contributed by atoms with Gasteiger partial charge < -0.3 is 9.47 Å². The van der Waals surface area contributed by atoms with Gasteiger partial charge in [0.1, 0.15) is 17.3 Å². The van der Waals surface area contributed by atoms with Gasteiger partial charge in [-0.1, -0.05) is 0 Å². The molecule has 0 radical (unpaired) electrons. The summed E-state index contributed by atoms with van der Waals surface area (Å²) in [6.45, 7) is 3.89. The highest BCUT2D eigenvalue weighted by atomic mass is 19.1. The van der Waals surface area contributed by atoms with Crippen LogP contribution < -0.4 is 20.3 Å². The van der Waals surface area contributed by atoms with Crippen LogP contribution in [0.1, 0.15) is 37.0 Å². The summed E-state index contributed by atoms with van der Waals surface area (Å²) in [5, 5.41) is 0. The van der Waals surface area contributed by atoms with Crippen molar-refractivity contribution < 1.29 is 28.2 Å². The Labute approximate surface area is 168 Å². The van der Waals surface area contributed by atoms with Gasteiger partial charge >= 0.3 is 0 Å². The van der Waals surface area contributed by atoms with Crippen LogP contribution in [-0.2, 0) is 9.59 Å². The average molecular weight is 402 g/mol. The zero-order chi connectivity index (χ0) is 21.2.